The molecule has 1 atom stereocenters. The van der Waals surface area contributed by atoms with Gasteiger partial charge in [-0.15, -0.1) is 0 Å². The van der Waals surface area contributed by atoms with E-state index in [4.69, 9.17) is 16.3 Å². The number of aryl methyl sites for hydroxylation is 2. The second-order valence-corrected chi connectivity index (χ2v) is 9.94. The molecule has 5 nitrogen and oxygen atoms in total. The highest BCUT2D eigenvalue weighted by Gasteiger charge is 2.32. The summed E-state index contributed by atoms with van der Waals surface area (Å²) >= 11 is 5.96. The Balaban J connectivity index is 1.70. The smallest absolute Gasteiger partial charge is 0.410 e. The first-order chi connectivity index (χ1) is 15.1. The number of carbonyl (C=O) groups excluding carboxylic acids is 2. The standard InChI is InChI=1S/C26H33ClN2O3/c1-19-5-7-20(8-6-19)9-14-23-17-29(25(31)32-26(2,3)4)16-15-28(23)18-24(30)21-10-12-22(27)13-11-21/h5-8,10-13,23H,9,14-18H2,1-4H3. The Labute approximate surface area is 196 Å². The largest absolute Gasteiger partial charge is 0.444 e. The molecule has 1 saturated heterocycles. The van der Waals surface area contributed by atoms with Crippen LogP contribution in [0.5, 0.6) is 0 Å². The van der Waals surface area contributed by atoms with Crippen LogP contribution in [-0.4, -0.2) is 59.5 Å². The number of Topliss-reactive ketones (excluding diaryl/α,β-unsaturated/α-hetero) is 1. The summed E-state index contributed by atoms with van der Waals surface area (Å²) in [5.74, 6) is 0.0627. The Kier molecular flexibility index (Phi) is 7.96. The topological polar surface area (TPSA) is 49.9 Å². The highest BCUT2D eigenvalue weighted by molar-refractivity contribution is 6.30. The van der Waals surface area contributed by atoms with Crippen LogP contribution in [0.15, 0.2) is 48.5 Å². The Bertz CT molecular complexity index is 920. The predicted molar refractivity (Wildman–Crippen MR) is 128 cm³/mol. The molecule has 3 rings (SSSR count). The number of rotatable bonds is 6. The van der Waals surface area contributed by atoms with Crippen molar-refractivity contribution in [2.24, 2.45) is 0 Å². The number of benzene rings is 2. The van der Waals surface area contributed by atoms with Crippen molar-refractivity contribution in [3.63, 3.8) is 0 Å². The second kappa shape index (κ2) is 10.5. The second-order valence-electron chi connectivity index (χ2n) is 9.50. The van der Waals surface area contributed by atoms with Gasteiger partial charge < -0.3 is 9.64 Å². The van der Waals surface area contributed by atoms with Gasteiger partial charge in [0.25, 0.3) is 0 Å². The van der Waals surface area contributed by atoms with Gasteiger partial charge in [0.1, 0.15) is 5.60 Å². The highest BCUT2D eigenvalue weighted by atomic mass is 35.5. The molecule has 1 heterocycles. The number of hydrogen-bond acceptors (Lipinski definition) is 4. The zero-order chi connectivity index (χ0) is 23.3. The summed E-state index contributed by atoms with van der Waals surface area (Å²) in [7, 11) is 0. The average Bonchev–Trinajstić information content (AvgIpc) is 2.73. The minimum Gasteiger partial charge on any atom is -0.444 e. The minimum absolute atomic E-state index is 0.0627. The van der Waals surface area contributed by atoms with E-state index in [9.17, 15) is 9.59 Å². The molecule has 0 spiro atoms. The molecule has 1 unspecified atom stereocenters. The zero-order valence-corrected chi connectivity index (χ0v) is 20.2. The number of ether oxygens (including phenoxy) is 1. The summed E-state index contributed by atoms with van der Waals surface area (Å²) < 4.78 is 5.59. The molecule has 172 valence electrons. The molecule has 6 heteroatoms. The van der Waals surface area contributed by atoms with Crippen molar-refractivity contribution in [2.45, 2.75) is 52.2 Å². The molecule has 2 aromatic carbocycles. The van der Waals surface area contributed by atoms with Gasteiger partial charge in [0.05, 0.1) is 6.54 Å². The van der Waals surface area contributed by atoms with Crippen LogP contribution >= 0.6 is 11.6 Å². The van der Waals surface area contributed by atoms with Crippen LogP contribution in [0.2, 0.25) is 5.02 Å². The summed E-state index contributed by atoms with van der Waals surface area (Å²) in [4.78, 5) is 29.5. The van der Waals surface area contributed by atoms with Crippen molar-refractivity contribution in [1.82, 2.24) is 9.80 Å². The Hall–Kier alpha value is -2.37. The molecule has 0 N–H and O–H groups in total. The van der Waals surface area contributed by atoms with Crippen molar-refractivity contribution in [3.05, 3.63) is 70.2 Å². The van der Waals surface area contributed by atoms with Gasteiger partial charge in [-0.2, -0.15) is 0 Å². The van der Waals surface area contributed by atoms with Crippen LogP contribution in [0.25, 0.3) is 0 Å². The van der Waals surface area contributed by atoms with Crippen molar-refractivity contribution >= 4 is 23.5 Å². The molecule has 0 radical (unpaired) electrons. The normalized spacial score (nSPS) is 17.3. The third-order valence-corrected chi connectivity index (χ3v) is 5.91. The lowest BCUT2D eigenvalue weighted by molar-refractivity contribution is 0.00369. The molecule has 2 aromatic rings. The van der Waals surface area contributed by atoms with Crippen LogP contribution in [0.4, 0.5) is 4.79 Å². The number of hydrogen-bond donors (Lipinski definition) is 0. The van der Waals surface area contributed by atoms with Crippen LogP contribution in [0.3, 0.4) is 0 Å². The van der Waals surface area contributed by atoms with E-state index in [0.717, 1.165) is 12.8 Å². The fourth-order valence-electron chi connectivity index (χ4n) is 3.87. The Morgan fingerprint density at radius 1 is 1.03 bits per heavy atom. The zero-order valence-electron chi connectivity index (χ0n) is 19.4. The number of halogens is 1. The van der Waals surface area contributed by atoms with E-state index >= 15 is 0 Å². The predicted octanol–water partition coefficient (Wildman–Crippen LogP) is 5.39. The number of carbonyl (C=O) groups is 2. The Morgan fingerprint density at radius 2 is 1.69 bits per heavy atom. The third-order valence-electron chi connectivity index (χ3n) is 5.66. The van der Waals surface area contributed by atoms with E-state index in [-0.39, 0.29) is 17.9 Å². The molecule has 1 amide bonds. The first-order valence-corrected chi connectivity index (χ1v) is 11.5. The van der Waals surface area contributed by atoms with E-state index in [1.54, 1.807) is 29.2 Å². The van der Waals surface area contributed by atoms with E-state index in [1.165, 1.54) is 11.1 Å². The van der Waals surface area contributed by atoms with Gasteiger partial charge in [-0.05, 0) is 70.4 Å². The van der Waals surface area contributed by atoms with Gasteiger partial charge in [-0.1, -0.05) is 41.4 Å². The lowest BCUT2D eigenvalue weighted by Crippen LogP contribution is -2.56. The van der Waals surface area contributed by atoms with E-state index in [1.807, 2.05) is 20.8 Å². The van der Waals surface area contributed by atoms with Crippen molar-refractivity contribution in [2.75, 3.05) is 26.2 Å². The lowest BCUT2D eigenvalue weighted by Gasteiger charge is -2.41. The van der Waals surface area contributed by atoms with E-state index in [2.05, 4.69) is 36.1 Å². The summed E-state index contributed by atoms with van der Waals surface area (Å²) in [6.45, 7) is 9.76. The molecule has 1 fully saturated rings. The number of amides is 1. The number of nitrogens with zero attached hydrogens (tertiary/aromatic N) is 2. The molecule has 0 bridgehead atoms. The molecular weight excluding hydrogens is 424 g/mol. The van der Waals surface area contributed by atoms with Crippen molar-refractivity contribution in [3.8, 4) is 0 Å². The maximum atomic E-state index is 12.9. The minimum atomic E-state index is -0.532. The summed E-state index contributed by atoms with van der Waals surface area (Å²) in [6.07, 6.45) is 1.45. The van der Waals surface area contributed by atoms with Crippen molar-refractivity contribution in [1.29, 1.82) is 0 Å². The summed E-state index contributed by atoms with van der Waals surface area (Å²) in [5, 5.41) is 0.614. The molecule has 1 aliphatic rings. The van der Waals surface area contributed by atoms with E-state index in [0.29, 0.717) is 36.8 Å². The van der Waals surface area contributed by atoms with Crippen LogP contribution in [0.1, 0.15) is 48.7 Å². The Morgan fingerprint density at radius 3 is 2.31 bits per heavy atom. The number of ketones is 1. The van der Waals surface area contributed by atoms with Crippen LogP contribution in [0, 0.1) is 6.92 Å². The first kappa shape index (κ1) is 24.3. The van der Waals surface area contributed by atoms with Gasteiger partial charge >= 0.3 is 6.09 Å². The molecule has 32 heavy (non-hydrogen) atoms. The third kappa shape index (κ3) is 7.07. The van der Waals surface area contributed by atoms with Gasteiger partial charge in [-0.3, -0.25) is 9.69 Å². The van der Waals surface area contributed by atoms with Gasteiger partial charge in [0, 0.05) is 36.3 Å². The quantitative estimate of drug-likeness (QED) is 0.547. The van der Waals surface area contributed by atoms with Gasteiger partial charge in [-0.25, -0.2) is 4.79 Å². The van der Waals surface area contributed by atoms with E-state index < -0.39 is 5.60 Å². The molecule has 0 aromatic heterocycles. The maximum Gasteiger partial charge on any atom is 0.410 e. The lowest BCUT2D eigenvalue weighted by atomic mass is 10.00. The van der Waals surface area contributed by atoms with Crippen LogP contribution in [-0.2, 0) is 11.2 Å². The number of piperazine rings is 1. The SMILES string of the molecule is Cc1ccc(CCC2CN(C(=O)OC(C)(C)C)CCN2CC(=O)c2ccc(Cl)cc2)cc1. The average molecular weight is 457 g/mol. The van der Waals surface area contributed by atoms with Gasteiger partial charge in [0.2, 0.25) is 0 Å². The molecule has 0 saturated carbocycles. The van der Waals surface area contributed by atoms with Gasteiger partial charge in [0.15, 0.2) is 5.78 Å². The van der Waals surface area contributed by atoms with Crippen molar-refractivity contribution < 1.29 is 14.3 Å². The van der Waals surface area contributed by atoms with Crippen LogP contribution < -0.4 is 0 Å². The summed E-state index contributed by atoms with van der Waals surface area (Å²) in [6, 6.07) is 15.6. The monoisotopic (exact) mass is 456 g/mol. The molecular formula is C26H33ClN2O3. The molecule has 1 aliphatic heterocycles. The maximum absolute atomic E-state index is 12.9. The fraction of sp³-hybridized carbons (Fsp3) is 0.462. The summed E-state index contributed by atoms with van der Waals surface area (Å²) in [5.41, 5.74) is 2.61. The molecule has 0 aliphatic carbocycles. The highest BCUT2D eigenvalue weighted by Crippen LogP contribution is 2.20. The first-order valence-electron chi connectivity index (χ1n) is 11.2. The fourth-order valence-corrected chi connectivity index (χ4v) is 3.99.